The number of hydrogen-bond donors (Lipinski definition) is 2. The van der Waals surface area contributed by atoms with Gasteiger partial charge in [-0.1, -0.05) is 30.3 Å². The minimum absolute atomic E-state index is 0.0545. The molecule has 2 aromatic heterocycles. The molecule has 0 aliphatic heterocycles. The summed E-state index contributed by atoms with van der Waals surface area (Å²) >= 11 is 8.71. The highest BCUT2D eigenvalue weighted by Gasteiger charge is 2.25. The standard InChI is InChI=1S/C21H21ClN4O3S2/c1-11-3-8-14-15(9-11)31-18-17(14)19(28)26(13-6-4-12(22)5-7-13)21(25-18)30-10-16(27)24-20(29)23-2/h4-7,11H,3,8-10H2,1-2H3,(H2,23,24,27,29). The van der Waals surface area contributed by atoms with Gasteiger partial charge in [0.05, 0.1) is 16.8 Å². The normalized spacial score (nSPS) is 15.5. The molecule has 4 rings (SSSR count). The minimum Gasteiger partial charge on any atom is -0.341 e. The molecule has 1 aliphatic rings. The van der Waals surface area contributed by atoms with E-state index in [1.165, 1.54) is 16.5 Å². The van der Waals surface area contributed by atoms with Crippen LogP contribution in [0.25, 0.3) is 15.9 Å². The van der Waals surface area contributed by atoms with Crippen LogP contribution in [0, 0.1) is 5.92 Å². The van der Waals surface area contributed by atoms with Gasteiger partial charge in [-0.2, -0.15) is 0 Å². The summed E-state index contributed by atoms with van der Waals surface area (Å²) in [5.41, 5.74) is 1.59. The Hall–Kier alpha value is -2.36. The third kappa shape index (κ3) is 4.49. The number of nitrogens with zero attached hydrogens (tertiary/aromatic N) is 2. The molecule has 0 saturated carbocycles. The number of halogens is 1. The van der Waals surface area contributed by atoms with Gasteiger partial charge in [0.2, 0.25) is 5.91 Å². The van der Waals surface area contributed by atoms with Crippen molar-refractivity contribution in [3.8, 4) is 5.69 Å². The summed E-state index contributed by atoms with van der Waals surface area (Å²) in [6.07, 6.45) is 2.87. The molecule has 10 heteroatoms. The van der Waals surface area contributed by atoms with E-state index in [2.05, 4.69) is 17.6 Å². The second kappa shape index (κ2) is 9.02. The molecular formula is C21H21ClN4O3S2. The first kappa shape index (κ1) is 21.9. The zero-order valence-corrected chi connectivity index (χ0v) is 19.4. The van der Waals surface area contributed by atoms with Gasteiger partial charge in [0.15, 0.2) is 5.16 Å². The second-order valence-corrected chi connectivity index (χ2v) is 9.92. The van der Waals surface area contributed by atoms with Crippen LogP contribution in [0.4, 0.5) is 4.79 Å². The van der Waals surface area contributed by atoms with Crippen LogP contribution in [0.5, 0.6) is 0 Å². The highest BCUT2D eigenvalue weighted by Crippen LogP contribution is 2.37. The number of aryl methyl sites for hydroxylation is 1. The second-order valence-electron chi connectivity index (χ2n) is 7.46. The molecule has 2 N–H and O–H groups in total. The lowest BCUT2D eigenvalue weighted by Gasteiger charge is -2.17. The summed E-state index contributed by atoms with van der Waals surface area (Å²) in [5.74, 6) is 0.0584. The number of amides is 3. The molecule has 0 radical (unpaired) electrons. The van der Waals surface area contributed by atoms with Crippen molar-refractivity contribution in [3.05, 3.63) is 50.1 Å². The summed E-state index contributed by atoms with van der Waals surface area (Å²) in [4.78, 5) is 43.8. The molecule has 7 nitrogen and oxygen atoms in total. The number of rotatable bonds is 4. The lowest BCUT2D eigenvalue weighted by molar-refractivity contribution is -0.117. The largest absolute Gasteiger partial charge is 0.341 e. The highest BCUT2D eigenvalue weighted by atomic mass is 35.5. The number of aromatic nitrogens is 2. The van der Waals surface area contributed by atoms with Gasteiger partial charge in [0.25, 0.3) is 5.56 Å². The molecular weight excluding hydrogens is 456 g/mol. The molecule has 0 saturated heterocycles. The Kier molecular flexibility index (Phi) is 6.36. The quantitative estimate of drug-likeness (QED) is 0.441. The molecule has 2 heterocycles. The third-order valence-electron chi connectivity index (χ3n) is 5.20. The van der Waals surface area contributed by atoms with Crippen LogP contribution in [0.1, 0.15) is 23.8 Å². The van der Waals surface area contributed by atoms with E-state index in [1.54, 1.807) is 35.6 Å². The fourth-order valence-corrected chi connectivity index (χ4v) is 6.00. The average Bonchev–Trinajstić information content (AvgIpc) is 3.10. The van der Waals surface area contributed by atoms with Crippen molar-refractivity contribution in [3.63, 3.8) is 0 Å². The van der Waals surface area contributed by atoms with Gasteiger partial charge in [0, 0.05) is 16.9 Å². The fourth-order valence-electron chi connectivity index (χ4n) is 3.64. The summed E-state index contributed by atoms with van der Waals surface area (Å²) in [6, 6.07) is 6.36. The minimum atomic E-state index is -0.579. The average molecular weight is 477 g/mol. The Morgan fingerprint density at radius 2 is 2.06 bits per heavy atom. The Morgan fingerprint density at radius 1 is 1.32 bits per heavy atom. The van der Waals surface area contributed by atoms with E-state index in [1.807, 2.05) is 0 Å². The van der Waals surface area contributed by atoms with Crippen LogP contribution in [0.3, 0.4) is 0 Å². The number of carbonyl (C=O) groups is 2. The van der Waals surface area contributed by atoms with Crippen LogP contribution >= 0.6 is 34.7 Å². The van der Waals surface area contributed by atoms with Crippen molar-refractivity contribution in [2.75, 3.05) is 12.8 Å². The van der Waals surface area contributed by atoms with Crippen molar-refractivity contribution in [2.24, 2.45) is 5.92 Å². The molecule has 1 atom stereocenters. The number of benzene rings is 1. The number of thioether (sulfide) groups is 1. The molecule has 3 amide bonds. The van der Waals surface area contributed by atoms with Gasteiger partial charge in [-0.25, -0.2) is 9.78 Å². The topological polar surface area (TPSA) is 93.1 Å². The van der Waals surface area contributed by atoms with Crippen LogP contribution in [-0.4, -0.2) is 34.3 Å². The molecule has 1 unspecified atom stereocenters. The maximum Gasteiger partial charge on any atom is 0.321 e. The van der Waals surface area contributed by atoms with E-state index in [0.717, 1.165) is 36.6 Å². The van der Waals surface area contributed by atoms with Gasteiger partial charge >= 0.3 is 6.03 Å². The number of nitrogens with one attached hydrogen (secondary N) is 2. The highest BCUT2D eigenvalue weighted by molar-refractivity contribution is 7.99. The fraction of sp³-hybridized carbons (Fsp3) is 0.333. The van der Waals surface area contributed by atoms with Crippen LogP contribution < -0.4 is 16.2 Å². The Bertz CT molecular complexity index is 1220. The first-order valence-electron chi connectivity index (χ1n) is 9.85. The number of urea groups is 1. The lowest BCUT2D eigenvalue weighted by atomic mass is 9.89. The van der Waals surface area contributed by atoms with Crippen molar-refractivity contribution in [1.29, 1.82) is 0 Å². The first-order chi connectivity index (χ1) is 14.9. The summed E-state index contributed by atoms with van der Waals surface area (Å²) in [5, 5.41) is 6.19. The van der Waals surface area contributed by atoms with E-state index in [4.69, 9.17) is 16.6 Å². The van der Waals surface area contributed by atoms with Crippen LogP contribution in [0.2, 0.25) is 5.02 Å². The van der Waals surface area contributed by atoms with Crippen LogP contribution in [-0.2, 0) is 17.6 Å². The predicted octanol–water partition coefficient (Wildman–Crippen LogP) is 3.77. The predicted molar refractivity (Wildman–Crippen MR) is 125 cm³/mol. The van der Waals surface area contributed by atoms with E-state index >= 15 is 0 Å². The molecule has 3 aromatic rings. The van der Waals surface area contributed by atoms with Crippen LogP contribution in [0.15, 0.2) is 34.2 Å². The van der Waals surface area contributed by atoms with Crippen molar-refractivity contribution in [2.45, 2.75) is 31.3 Å². The smallest absolute Gasteiger partial charge is 0.321 e. The first-order valence-corrected chi connectivity index (χ1v) is 12.0. The summed E-state index contributed by atoms with van der Waals surface area (Å²) in [6.45, 7) is 2.22. The van der Waals surface area contributed by atoms with Crippen molar-refractivity contribution >= 4 is 56.9 Å². The van der Waals surface area contributed by atoms with Gasteiger partial charge in [0.1, 0.15) is 4.83 Å². The summed E-state index contributed by atoms with van der Waals surface area (Å²) in [7, 11) is 1.43. The van der Waals surface area contributed by atoms with Gasteiger partial charge in [-0.05, 0) is 55.0 Å². The number of imide groups is 1. The molecule has 0 bridgehead atoms. The Balaban J connectivity index is 1.80. The molecule has 1 aromatic carbocycles. The van der Waals surface area contributed by atoms with Gasteiger partial charge in [-0.15, -0.1) is 11.3 Å². The van der Waals surface area contributed by atoms with Gasteiger partial charge < -0.3 is 5.32 Å². The van der Waals surface area contributed by atoms with Crippen molar-refractivity contribution in [1.82, 2.24) is 20.2 Å². The van der Waals surface area contributed by atoms with E-state index in [-0.39, 0.29) is 11.3 Å². The SMILES string of the molecule is CNC(=O)NC(=O)CSc1nc2sc3c(c2c(=O)n1-c1ccc(Cl)cc1)CCC(C)C3. The molecule has 162 valence electrons. The monoisotopic (exact) mass is 476 g/mol. The summed E-state index contributed by atoms with van der Waals surface area (Å²) < 4.78 is 1.53. The van der Waals surface area contributed by atoms with E-state index in [9.17, 15) is 14.4 Å². The zero-order chi connectivity index (χ0) is 22.1. The third-order valence-corrected chi connectivity index (χ3v) is 7.53. The maximum absolute atomic E-state index is 13.6. The molecule has 0 fully saturated rings. The van der Waals surface area contributed by atoms with E-state index in [0.29, 0.717) is 32.0 Å². The molecule has 0 spiro atoms. The lowest BCUT2D eigenvalue weighted by Crippen LogP contribution is -2.38. The zero-order valence-electron chi connectivity index (χ0n) is 17.0. The maximum atomic E-state index is 13.6. The molecule has 31 heavy (non-hydrogen) atoms. The number of carbonyl (C=O) groups excluding carboxylic acids is 2. The molecule has 1 aliphatic carbocycles. The Morgan fingerprint density at radius 3 is 2.77 bits per heavy atom. The number of hydrogen-bond acceptors (Lipinski definition) is 6. The number of thiophene rings is 1. The van der Waals surface area contributed by atoms with Gasteiger partial charge in [-0.3, -0.25) is 19.5 Å². The Labute approximate surface area is 192 Å². The van der Waals surface area contributed by atoms with Crippen molar-refractivity contribution < 1.29 is 9.59 Å². The number of fused-ring (bicyclic) bond motifs is 3. The van der Waals surface area contributed by atoms with E-state index < -0.39 is 11.9 Å².